The fourth-order valence-corrected chi connectivity index (χ4v) is 7.14. The van der Waals surface area contributed by atoms with Gasteiger partial charge in [-0.25, -0.2) is 0 Å². The highest BCUT2D eigenvalue weighted by atomic mass is 32.2. The van der Waals surface area contributed by atoms with E-state index in [0.29, 0.717) is 67.1 Å². The van der Waals surface area contributed by atoms with Crippen LogP contribution < -0.4 is 14.2 Å². The van der Waals surface area contributed by atoms with Gasteiger partial charge in [-0.2, -0.15) is 22.7 Å². The van der Waals surface area contributed by atoms with Gasteiger partial charge in [0.15, 0.2) is 11.6 Å². The van der Waals surface area contributed by atoms with Crippen molar-refractivity contribution in [2.75, 3.05) is 17.1 Å². The summed E-state index contributed by atoms with van der Waals surface area (Å²) in [5.74, 6) is 0.874. The van der Waals surface area contributed by atoms with Gasteiger partial charge in [0.1, 0.15) is 17.1 Å². The molecule has 0 aliphatic carbocycles. The van der Waals surface area contributed by atoms with Gasteiger partial charge in [-0.1, -0.05) is 35.5 Å². The van der Waals surface area contributed by atoms with Gasteiger partial charge in [-0.05, 0) is 109 Å². The summed E-state index contributed by atoms with van der Waals surface area (Å²) in [5.41, 5.74) is 10.7. The number of anilines is 2. The summed E-state index contributed by atoms with van der Waals surface area (Å²) in [6.45, 7) is 5.37. The molecule has 0 saturated carbocycles. The van der Waals surface area contributed by atoms with E-state index in [0.717, 1.165) is 5.56 Å². The molecule has 0 aliphatic heterocycles. The fraction of sp³-hybridized carbons (Fsp3) is 0.105. The van der Waals surface area contributed by atoms with E-state index in [1.165, 1.54) is 23.5 Å². The molecule has 7 aromatic rings. The van der Waals surface area contributed by atoms with E-state index in [4.69, 9.17) is 14.4 Å². The number of nitrogen functional groups attached to an aromatic ring is 1. The van der Waals surface area contributed by atoms with Crippen LogP contribution in [0.15, 0.2) is 127 Å². The van der Waals surface area contributed by atoms with E-state index in [2.05, 4.69) is 30.6 Å². The zero-order valence-corrected chi connectivity index (χ0v) is 31.3. The Bertz CT molecular complexity index is 2820. The van der Waals surface area contributed by atoms with E-state index in [1.54, 1.807) is 73.7 Å². The quantitative estimate of drug-likeness (QED) is 0.0678. The Labute approximate surface area is 317 Å². The molecule has 0 radical (unpaired) electrons. The molecule has 1 unspecified atom stereocenters. The number of phenols is 1. The van der Waals surface area contributed by atoms with Crippen molar-refractivity contribution in [2.45, 2.75) is 25.7 Å². The van der Waals surface area contributed by atoms with Crippen molar-refractivity contribution in [3.63, 3.8) is 0 Å². The van der Waals surface area contributed by atoms with Crippen LogP contribution in [0.5, 0.6) is 11.5 Å². The predicted octanol–water partition coefficient (Wildman–Crippen LogP) is 9.43. The number of aromatic nitrogens is 2. The van der Waals surface area contributed by atoms with Crippen LogP contribution in [0.3, 0.4) is 0 Å². The van der Waals surface area contributed by atoms with Gasteiger partial charge in [0, 0.05) is 12.4 Å². The van der Waals surface area contributed by atoms with Gasteiger partial charge >= 0.3 is 11.3 Å². The maximum atomic E-state index is 13.2. The molecule has 0 saturated heterocycles. The summed E-state index contributed by atoms with van der Waals surface area (Å²) in [5, 5.41) is 35.0. The topological polar surface area (TPSA) is 219 Å². The molecular formula is C38H32N8O7S2. The Kier molecular flexibility index (Phi) is 9.83. The molecule has 7 rings (SSSR count). The summed E-state index contributed by atoms with van der Waals surface area (Å²) in [6, 6.07) is 26.5. The summed E-state index contributed by atoms with van der Waals surface area (Å²) in [7, 11) is -2.91. The van der Waals surface area contributed by atoms with E-state index in [9.17, 15) is 22.3 Å². The molecule has 17 heteroatoms. The van der Waals surface area contributed by atoms with E-state index >= 15 is 0 Å². The Morgan fingerprint density at radius 3 is 2.25 bits per heavy atom. The Hall–Kier alpha value is -6.56. The minimum Gasteiger partial charge on any atom is -0.505 e. The monoisotopic (exact) mass is 776 g/mol. The van der Waals surface area contributed by atoms with E-state index < -0.39 is 21.4 Å². The number of azo groups is 2. The third-order valence-corrected chi connectivity index (χ3v) is 10.5. The van der Waals surface area contributed by atoms with E-state index in [1.807, 2.05) is 32.0 Å². The average molecular weight is 777 g/mol. The Balaban J connectivity index is 1.11. The van der Waals surface area contributed by atoms with Crippen molar-refractivity contribution in [1.29, 1.82) is 0 Å². The predicted molar refractivity (Wildman–Crippen MR) is 210 cm³/mol. The van der Waals surface area contributed by atoms with Crippen LogP contribution in [0.1, 0.15) is 17.0 Å². The van der Waals surface area contributed by atoms with Crippen molar-refractivity contribution in [1.82, 2.24) is 10.1 Å². The van der Waals surface area contributed by atoms with Gasteiger partial charge in [-0.3, -0.25) is 8.86 Å². The van der Waals surface area contributed by atoms with E-state index in [-0.39, 0.29) is 27.8 Å². The minimum absolute atomic E-state index is 0.166. The summed E-state index contributed by atoms with van der Waals surface area (Å²) >= 11 is -2.04. The molecule has 0 aliphatic rings. The van der Waals surface area contributed by atoms with Gasteiger partial charge < -0.3 is 19.5 Å². The maximum absolute atomic E-state index is 13.2. The number of benzene rings is 6. The number of hydrogen-bond acceptors (Lipinski definition) is 13. The number of nitrogens with two attached hydrogens (primary N) is 1. The van der Waals surface area contributed by atoms with Gasteiger partial charge in [0.25, 0.3) is 16.0 Å². The second-order valence-electron chi connectivity index (χ2n) is 12.4. The molecule has 0 amide bonds. The highest BCUT2D eigenvalue weighted by molar-refractivity contribution is 7.85. The summed E-state index contributed by atoms with van der Waals surface area (Å²) in [6.07, 6.45) is 0. The minimum atomic E-state index is -4.44. The summed E-state index contributed by atoms with van der Waals surface area (Å²) in [4.78, 5) is 4.00. The maximum Gasteiger partial charge on any atom is 0.318 e. The van der Waals surface area contributed by atoms with Crippen LogP contribution in [0, 0.1) is 20.8 Å². The van der Waals surface area contributed by atoms with Crippen LogP contribution >= 0.6 is 0 Å². The van der Waals surface area contributed by atoms with Crippen LogP contribution in [-0.4, -0.2) is 39.5 Å². The zero-order chi connectivity index (χ0) is 39.0. The molecular weight excluding hydrogens is 745 g/mol. The molecule has 6 aromatic carbocycles. The standard InChI is InChI=1S/C38H32N8O7S2/c1-21-18-25-19-22(2)36(44-42-31-10-6-5-9-29(31)38-40-23(3)45-52-38)37(47)33(25)34(39)35(21)43-41-26-13-15-27(16-14-26)53-54(48)46(4)32-11-7-8-24-12-17-28(20-30(24)32)55(49,50)51/h5-20,47H,39H2,1-4H3,(H,49,50,51). The Morgan fingerprint density at radius 1 is 0.836 bits per heavy atom. The molecule has 0 bridgehead atoms. The summed E-state index contributed by atoms with van der Waals surface area (Å²) < 4.78 is 58.6. The average Bonchev–Trinajstić information content (AvgIpc) is 3.59. The highest BCUT2D eigenvalue weighted by Crippen LogP contribution is 2.46. The first kappa shape index (κ1) is 36.8. The molecule has 15 nitrogen and oxygen atoms in total. The number of aromatic hydroxyl groups is 1. The molecule has 1 atom stereocenters. The number of hydrogen-bond donors (Lipinski definition) is 3. The molecule has 4 N–H and O–H groups in total. The lowest BCUT2D eigenvalue weighted by molar-refractivity contribution is 0.425. The van der Waals surface area contributed by atoms with Gasteiger partial charge in [-0.15, -0.1) is 15.3 Å². The molecule has 0 fully saturated rings. The van der Waals surface area contributed by atoms with Crippen molar-refractivity contribution < 1.29 is 31.0 Å². The molecule has 55 heavy (non-hydrogen) atoms. The van der Waals surface area contributed by atoms with Crippen LogP contribution in [0.25, 0.3) is 33.0 Å². The van der Waals surface area contributed by atoms with Gasteiger partial charge in [0.05, 0.1) is 38.6 Å². The number of fused-ring (bicyclic) bond motifs is 2. The lowest BCUT2D eigenvalue weighted by Crippen LogP contribution is -2.24. The molecule has 1 aromatic heterocycles. The number of phenolic OH excluding ortho intramolecular Hbond substituents is 1. The van der Waals surface area contributed by atoms with Gasteiger partial charge in [0.2, 0.25) is 0 Å². The second kappa shape index (κ2) is 14.7. The van der Waals surface area contributed by atoms with Crippen molar-refractivity contribution in [3.05, 3.63) is 114 Å². The van der Waals surface area contributed by atoms with Crippen molar-refractivity contribution in [3.8, 4) is 23.0 Å². The second-order valence-corrected chi connectivity index (χ2v) is 15.0. The fourth-order valence-electron chi connectivity index (χ4n) is 5.92. The third kappa shape index (κ3) is 7.48. The lowest BCUT2D eigenvalue weighted by Gasteiger charge is -2.19. The molecule has 0 spiro atoms. The Morgan fingerprint density at radius 2 is 1.55 bits per heavy atom. The first-order valence-electron chi connectivity index (χ1n) is 16.5. The first-order valence-corrected chi connectivity index (χ1v) is 19.0. The normalized spacial score (nSPS) is 12.6. The highest BCUT2D eigenvalue weighted by Gasteiger charge is 2.20. The lowest BCUT2D eigenvalue weighted by atomic mass is 9.99. The molecule has 1 heterocycles. The first-order chi connectivity index (χ1) is 26.3. The number of nitrogens with zero attached hydrogens (tertiary/aromatic N) is 7. The van der Waals surface area contributed by atoms with Crippen LogP contribution in [-0.2, 0) is 21.4 Å². The smallest absolute Gasteiger partial charge is 0.318 e. The van der Waals surface area contributed by atoms with Crippen LogP contribution in [0.4, 0.5) is 34.1 Å². The van der Waals surface area contributed by atoms with Crippen LogP contribution in [0.2, 0.25) is 0 Å². The zero-order valence-electron chi connectivity index (χ0n) is 29.7. The third-order valence-electron chi connectivity index (χ3n) is 8.65. The van der Waals surface area contributed by atoms with Crippen molar-refractivity contribution in [2.24, 2.45) is 20.5 Å². The number of aryl methyl sites for hydroxylation is 3. The molecule has 278 valence electrons. The van der Waals surface area contributed by atoms with Crippen molar-refractivity contribution >= 4 is 77.1 Å². The SMILES string of the molecule is Cc1noc(-c2ccccc2N=Nc2c(C)cc3cc(C)c(N=Nc4ccc(OS(=O)N(C)c5cccc6ccc(S(=O)(=O)O)cc56)cc4)c(N)c3c2O)n1. The number of rotatable bonds is 10. The largest absolute Gasteiger partial charge is 0.505 e.